The van der Waals surface area contributed by atoms with Gasteiger partial charge in [-0.25, -0.2) is 0 Å². The van der Waals surface area contributed by atoms with E-state index in [-0.39, 0.29) is 12.4 Å². The van der Waals surface area contributed by atoms with Crippen LogP contribution < -0.4 is 0 Å². The van der Waals surface area contributed by atoms with Gasteiger partial charge in [0, 0.05) is 13.3 Å². The Morgan fingerprint density at radius 1 is 1.38 bits per heavy atom. The molecule has 1 rings (SSSR count). The first-order chi connectivity index (χ1) is 7.72. The summed E-state index contributed by atoms with van der Waals surface area (Å²) in [5, 5.41) is 0. The van der Waals surface area contributed by atoms with Crippen molar-refractivity contribution in [2.24, 2.45) is 0 Å². The van der Waals surface area contributed by atoms with Gasteiger partial charge in [-0.2, -0.15) is 0 Å². The maximum Gasteiger partial charge on any atom is 0.303 e. The number of carbonyl (C=O) groups excluding carboxylic acids is 2. The standard InChI is InChI=1S/C13H14O3/c1-11(15)16-13(9-10-14)8-7-12-5-3-2-4-6-12/h2-8,10,13H,9H2,1H3/b8-7+. The molecule has 0 aromatic heterocycles. The van der Waals surface area contributed by atoms with Crippen LogP contribution in [0.3, 0.4) is 0 Å². The third-order valence-electron chi connectivity index (χ3n) is 1.95. The van der Waals surface area contributed by atoms with Gasteiger partial charge in [0.05, 0.1) is 0 Å². The van der Waals surface area contributed by atoms with Gasteiger partial charge in [-0.3, -0.25) is 4.79 Å². The van der Waals surface area contributed by atoms with Crippen LogP contribution in [0.15, 0.2) is 36.4 Å². The van der Waals surface area contributed by atoms with Crippen molar-refractivity contribution in [2.45, 2.75) is 19.4 Å². The molecule has 0 aliphatic carbocycles. The highest BCUT2D eigenvalue weighted by Gasteiger charge is 2.06. The van der Waals surface area contributed by atoms with E-state index in [0.717, 1.165) is 11.8 Å². The van der Waals surface area contributed by atoms with Gasteiger partial charge < -0.3 is 9.53 Å². The van der Waals surface area contributed by atoms with E-state index in [9.17, 15) is 9.59 Å². The fraction of sp³-hybridized carbons (Fsp3) is 0.231. The molecule has 0 fully saturated rings. The Labute approximate surface area is 94.7 Å². The molecule has 0 heterocycles. The summed E-state index contributed by atoms with van der Waals surface area (Å²) in [4.78, 5) is 21.2. The van der Waals surface area contributed by atoms with Gasteiger partial charge in [0.25, 0.3) is 0 Å². The average molecular weight is 218 g/mol. The summed E-state index contributed by atoms with van der Waals surface area (Å²) < 4.78 is 4.96. The van der Waals surface area contributed by atoms with Crippen molar-refractivity contribution in [3.05, 3.63) is 42.0 Å². The van der Waals surface area contributed by atoms with E-state index in [1.54, 1.807) is 6.08 Å². The quantitative estimate of drug-likeness (QED) is 0.562. The van der Waals surface area contributed by atoms with Crippen molar-refractivity contribution in [1.29, 1.82) is 0 Å². The second kappa shape index (κ2) is 6.56. The summed E-state index contributed by atoms with van der Waals surface area (Å²) in [5.74, 6) is -0.385. The maximum absolute atomic E-state index is 10.8. The minimum atomic E-state index is -0.477. The lowest BCUT2D eigenvalue weighted by atomic mass is 10.1. The number of hydrogen-bond donors (Lipinski definition) is 0. The van der Waals surface area contributed by atoms with Crippen LogP contribution in [0.4, 0.5) is 0 Å². The highest BCUT2D eigenvalue weighted by molar-refractivity contribution is 5.67. The Kier molecular flexibility index (Phi) is 4.99. The van der Waals surface area contributed by atoms with Crippen molar-refractivity contribution in [3.63, 3.8) is 0 Å². The van der Waals surface area contributed by atoms with E-state index < -0.39 is 6.10 Å². The molecule has 1 aromatic carbocycles. The fourth-order valence-corrected chi connectivity index (χ4v) is 1.26. The molecule has 84 valence electrons. The minimum absolute atomic E-state index is 0.183. The van der Waals surface area contributed by atoms with Crippen LogP contribution in [-0.4, -0.2) is 18.4 Å². The van der Waals surface area contributed by atoms with Crippen molar-refractivity contribution in [1.82, 2.24) is 0 Å². The molecule has 0 radical (unpaired) electrons. The molecule has 0 saturated carbocycles. The third kappa shape index (κ3) is 4.55. The van der Waals surface area contributed by atoms with E-state index >= 15 is 0 Å². The Bertz CT molecular complexity index is 368. The van der Waals surface area contributed by atoms with E-state index in [1.807, 2.05) is 36.4 Å². The van der Waals surface area contributed by atoms with Gasteiger partial charge in [-0.05, 0) is 11.6 Å². The lowest BCUT2D eigenvalue weighted by molar-refractivity contribution is -0.144. The normalized spacial score (nSPS) is 12.3. The molecule has 0 aliphatic heterocycles. The molecule has 0 saturated heterocycles. The van der Waals surface area contributed by atoms with Crippen LogP contribution in [0.1, 0.15) is 18.9 Å². The van der Waals surface area contributed by atoms with Crippen LogP contribution >= 0.6 is 0 Å². The van der Waals surface area contributed by atoms with E-state index in [4.69, 9.17) is 4.74 Å². The number of esters is 1. The fourth-order valence-electron chi connectivity index (χ4n) is 1.26. The molecule has 1 atom stereocenters. The number of carbonyl (C=O) groups is 2. The maximum atomic E-state index is 10.8. The Morgan fingerprint density at radius 2 is 2.06 bits per heavy atom. The lowest BCUT2D eigenvalue weighted by Gasteiger charge is -2.09. The number of aldehydes is 1. The number of benzene rings is 1. The first kappa shape index (κ1) is 12.2. The smallest absolute Gasteiger partial charge is 0.303 e. The van der Waals surface area contributed by atoms with Crippen LogP contribution in [0.2, 0.25) is 0 Å². The Morgan fingerprint density at radius 3 is 2.62 bits per heavy atom. The van der Waals surface area contributed by atoms with Crippen LogP contribution in [-0.2, 0) is 14.3 Å². The topological polar surface area (TPSA) is 43.4 Å². The first-order valence-electron chi connectivity index (χ1n) is 5.06. The summed E-state index contributed by atoms with van der Waals surface area (Å²) in [6, 6.07) is 9.62. The van der Waals surface area contributed by atoms with Gasteiger partial charge in [0.15, 0.2) is 0 Å². The Balaban J connectivity index is 2.63. The zero-order chi connectivity index (χ0) is 11.8. The molecular formula is C13H14O3. The molecule has 0 N–H and O–H groups in total. The average Bonchev–Trinajstić information content (AvgIpc) is 2.27. The summed E-state index contributed by atoms with van der Waals surface area (Å²) in [5.41, 5.74) is 1.01. The van der Waals surface area contributed by atoms with E-state index in [2.05, 4.69) is 0 Å². The van der Waals surface area contributed by atoms with Crippen molar-refractivity contribution in [2.75, 3.05) is 0 Å². The second-order valence-corrected chi connectivity index (χ2v) is 3.32. The van der Waals surface area contributed by atoms with Crippen molar-refractivity contribution < 1.29 is 14.3 Å². The van der Waals surface area contributed by atoms with E-state index in [1.165, 1.54) is 6.92 Å². The molecule has 1 unspecified atom stereocenters. The molecule has 3 heteroatoms. The zero-order valence-electron chi connectivity index (χ0n) is 9.13. The van der Waals surface area contributed by atoms with Gasteiger partial charge in [-0.15, -0.1) is 0 Å². The predicted molar refractivity (Wildman–Crippen MR) is 61.7 cm³/mol. The summed E-state index contributed by atoms with van der Waals surface area (Å²) >= 11 is 0. The SMILES string of the molecule is CC(=O)OC(/C=C/c1ccccc1)CC=O. The van der Waals surface area contributed by atoms with E-state index in [0.29, 0.717) is 0 Å². The summed E-state index contributed by atoms with van der Waals surface area (Å²) in [6.07, 6.45) is 3.99. The van der Waals surface area contributed by atoms with Gasteiger partial charge >= 0.3 is 5.97 Å². The van der Waals surface area contributed by atoms with Gasteiger partial charge in [0.2, 0.25) is 0 Å². The van der Waals surface area contributed by atoms with Gasteiger partial charge in [-0.1, -0.05) is 36.4 Å². The first-order valence-corrected chi connectivity index (χ1v) is 5.06. The van der Waals surface area contributed by atoms with Crippen LogP contribution in [0, 0.1) is 0 Å². The van der Waals surface area contributed by atoms with Gasteiger partial charge in [0.1, 0.15) is 12.4 Å². The largest absolute Gasteiger partial charge is 0.458 e. The van der Waals surface area contributed by atoms with Crippen LogP contribution in [0.25, 0.3) is 6.08 Å². The molecule has 0 spiro atoms. The number of rotatable bonds is 5. The molecule has 0 bridgehead atoms. The molecule has 3 nitrogen and oxygen atoms in total. The number of hydrogen-bond acceptors (Lipinski definition) is 3. The monoisotopic (exact) mass is 218 g/mol. The molecule has 0 aliphatic rings. The summed E-state index contributed by atoms with van der Waals surface area (Å²) in [7, 11) is 0. The van der Waals surface area contributed by atoms with Crippen molar-refractivity contribution >= 4 is 18.3 Å². The molecule has 1 aromatic rings. The number of ether oxygens (including phenoxy) is 1. The molecule has 0 amide bonds. The molecule has 16 heavy (non-hydrogen) atoms. The van der Waals surface area contributed by atoms with Crippen molar-refractivity contribution in [3.8, 4) is 0 Å². The molecular weight excluding hydrogens is 204 g/mol. The third-order valence-corrected chi connectivity index (χ3v) is 1.95. The second-order valence-electron chi connectivity index (χ2n) is 3.32. The highest BCUT2D eigenvalue weighted by atomic mass is 16.5. The zero-order valence-corrected chi connectivity index (χ0v) is 9.13. The minimum Gasteiger partial charge on any atom is -0.458 e. The van der Waals surface area contributed by atoms with Crippen LogP contribution in [0.5, 0.6) is 0 Å². The Hall–Kier alpha value is -1.90. The highest BCUT2D eigenvalue weighted by Crippen LogP contribution is 2.06. The summed E-state index contributed by atoms with van der Waals surface area (Å²) in [6.45, 7) is 1.33. The predicted octanol–water partition coefficient (Wildman–Crippen LogP) is 2.22. The lowest BCUT2D eigenvalue weighted by Crippen LogP contribution is -2.13.